The van der Waals surface area contributed by atoms with Gasteiger partial charge in [-0.05, 0) is 31.8 Å². The van der Waals surface area contributed by atoms with Crippen molar-refractivity contribution in [2.75, 3.05) is 20.6 Å². The normalized spacial score (nSPS) is 13.5. The molecule has 0 saturated carbocycles. The monoisotopic (exact) mass is 220 g/mol. The van der Waals surface area contributed by atoms with Crippen LogP contribution in [0.2, 0.25) is 0 Å². The van der Waals surface area contributed by atoms with E-state index in [2.05, 4.69) is 9.97 Å². The van der Waals surface area contributed by atoms with Gasteiger partial charge in [-0.3, -0.25) is 0 Å². The van der Waals surface area contributed by atoms with Crippen LogP contribution in [0, 0.1) is 0 Å². The van der Waals surface area contributed by atoms with Gasteiger partial charge in [0.1, 0.15) is 0 Å². The van der Waals surface area contributed by atoms with Crippen molar-refractivity contribution in [1.29, 1.82) is 0 Å². The zero-order valence-electron chi connectivity index (χ0n) is 9.45. The molecule has 1 atom stereocenters. The minimum atomic E-state index is -0.187. The topological polar surface area (TPSA) is 77.9 Å². The summed E-state index contributed by atoms with van der Waals surface area (Å²) in [5, 5.41) is 0. The van der Waals surface area contributed by atoms with Crippen molar-refractivity contribution in [3.8, 4) is 0 Å². The van der Waals surface area contributed by atoms with Crippen molar-refractivity contribution >= 4 is 11.0 Å². The second kappa shape index (κ2) is 4.11. The van der Waals surface area contributed by atoms with E-state index in [1.54, 1.807) is 0 Å². The Kier molecular flexibility index (Phi) is 2.80. The van der Waals surface area contributed by atoms with Crippen LogP contribution in [-0.2, 0) is 0 Å². The van der Waals surface area contributed by atoms with Gasteiger partial charge in [-0.25, -0.2) is 4.79 Å². The fourth-order valence-electron chi connectivity index (χ4n) is 1.78. The van der Waals surface area contributed by atoms with Gasteiger partial charge in [-0.15, -0.1) is 0 Å². The predicted octanol–water partition coefficient (Wildman–Crippen LogP) is 0.418. The fourth-order valence-corrected chi connectivity index (χ4v) is 1.78. The first-order chi connectivity index (χ1) is 7.56. The maximum absolute atomic E-state index is 11.1. The van der Waals surface area contributed by atoms with Crippen LogP contribution in [-0.4, -0.2) is 35.5 Å². The second-order valence-corrected chi connectivity index (χ2v) is 4.25. The first-order valence-corrected chi connectivity index (χ1v) is 5.18. The Morgan fingerprint density at radius 1 is 1.31 bits per heavy atom. The van der Waals surface area contributed by atoms with Crippen molar-refractivity contribution in [2.45, 2.75) is 6.04 Å². The Hall–Kier alpha value is -1.59. The molecule has 5 nitrogen and oxygen atoms in total. The molecule has 0 bridgehead atoms. The number of aromatic amines is 2. The number of aromatic nitrogens is 2. The number of rotatable bonds is 3. The molecule has 0 radical (unpaired) electrons. The highest BCUT2D eigenvalue weighted by molar-refractivity contribution is 5.75. The van der Waals surface area contributed by atoms with E-state index in [4.69, 9.17) is 5.73 Å². The lowest BCUT2D eigenvalue weighted by molar-refractivity contribution is 0.377. The maximum Gasteiger partial charge on any atom is 0.323 e. The summed E-state index contributed by atoms with van der Waals surface area (Å²) in [4.78, 5) is 18.6. The van der Waals surface area contributed by atoms with Crippen molar-refractivity contribution in [2.24, 2.45) is 5.73 Å². The van der Waals surface area contributed by atoms with E-state index in [-0.39, 0.29) is 11.7 Å². The van der Waals surface area contributed by atoms with E-state index in [0.29, 0.717) is 0 Å². The van der Waals surface area contributed by atoms with E-state index in [1.165, 1.54) is 0 Å². The third-order valence-electron chi connectivity index (χ3n) is 2.53. The SMILES string of the molecule is CN(C)CC(N)c1ccc2[nH]c(=O)[nH]c2c1. The molecule has 0 amide bonds. The molecule has 0 aliphatic carbocycles. The summed E-state index contributed by atoms with van der Waals surface area (Å²) in [6, 6.07) is 5.69. The summed E-state index contributed by atoms with van der Waals surface area (Å²) >= 11 is 0. The molecule has 1 aromatic heterocycles. The first-order valence-electron chi connectivity index (χ1n) is 5.18. The molecule has 1 heterocycles. The van der Waals surface area contributed by atoms with Gasteiger partial charge in [0, 0.05) is 12.6 Å². The smallest absolute Gasteiger partial charge is 0.323 e. The Morgan fingerprint density at radius 2 is 2.00 bits per heavy atom. The lowest BCUT2D eigenvalue weighted by Gasteiger charge is -2.17. The molecule has 86 valence electrons. The van der Waals surface area contributed by atoms with Crippen molar-refractivity contribution < 1.29 is 0 Å². The number of hydrogen-bond donors (Lipinski definition) is 3. The van der Waals surface area contributed by atoms with Crippen LogP contribution in [0.15, 0.2) is 23.0 Å². The van der Waals surface area contributed by atoms with E-state index in [0.717, 1.165) is 23.1 Å². The second-order valence-electron chi connectivity index (χ2n) is 4.25. The lowest BCUT2D eigenvalue weighted by atomic mass is 10.1. The molecule has 2 aromatic rings. The maximum atomic E-state index is 11.1. The highest BCUT2D eigenvalue weighted by Gasteiger charge is 2.08. The van der Waals surface area contributed by atoms with Crippen molar-refractivity contribution in [3.05, 3.63) is 34.2 Å². The largest absolute Gasteiger partial charge is 0.323 e. The Bertz CT molecular complexity index is 540. The first kappa shape index (κ1) is 10.9. The van der Waals surface area contributed by atoms with Crippen molar-refractivity contribution in [3.63, 3.8) is 0 Å². The van der Waals surface area contributed by atoms with Crippen LogP contribution in [0.25, 0.3) is 11.0 Å². The molecule has 0 saturated heterocycles. The number of imidazole rings is 1. The van der Waals surface area contributed by atoms with E-state index < -0.39 is 0 Å². The molecule has 5 heteroatoms. The van der Waals surface area contributed by atoms with Gasteiger partial charge in [0.15, 0.2) is 0 Å². The quantitative estimate of drug-likeness (QED) is 0.701. The lowest BCUT2D eigenvalue weighted by Crippen LogP contribution is -2.25. The highest BCUT2D eigenvalue weighted by Crippen LogP contribution is 2.15. The fraction of sp³-hybridized carbons (Fsp3) is 0.364. The number of likely N-dealkylation sites (N-methyl/N-ethyl adjacent to an activating group) is 1. The van der Waals surface area contributed by atoms with Gasteiger partial charge in [0.05, 0.1) is 11.0 Å². The average molecular weight is 220 g/mol. The number of H-pyrrole nitrogens is 2. The molecular weight excluding hydrogens is 204 g/mol. The Labute approximate surface area is 93.3 Å². The minimum Gasteiger partial charge on any atom is -0.323 e. The molecule has 0 fully saturated rings. The van der Waals surface area contributed by atoms with E-state index in [9.17, 15) is 4.79 Å². The van der Waals surface area contributed by atoms with Gasteiger partial charge >= 0.3 is 5.69 Å². The Balaban J connectivity index is 2.34. The summed E-state index contributed by atoms with van der Waals surface area (Å²) in [5.74, 6) is 0. The van der Waals surface area contributed by atoms with E-state index >= 15 is 0 Å². The summed E-state index contributed by atoms with van der Waals surface area (Å²) in [6.07, 6.45) is 0. The molecular formula is C11H16N4O. The molecule has 0 spiro atoms. The van der Waals surface area contributed by atoms with Gasteiger partial charge in [-0.2, -0.15) is 0 Å². The number of fused-ring (bicyclic) bond motifs is 1. The molecule has 1 aromatic carbocycles. The summed E-state index contributed by atoms with van der Waals surface area (Å²) in [5.41, 5.74) is 8.50. The number of benzene rings is 1. The van der Waals surface area contributed by atoms with Gasteiger partial charge in [-0.1, -0.05) is 6.07 Å². The third-order valence-corrected chi connectivity index (χ3v) is 2.53. The highest BCUT2D eigenvalue weighted by atomic mass is 16.1. The number of hydrogen-bond acceptors (Lipinski definition) is 3. The average Bonchev–Trinajstić information content (AvgIpc) is 2.55. The zero-order valence-corrected chi connectivity index (χ0v) is 9.45. The molecule has 16 heavy (non-hydrogen) atoms. The van der Waals surface area contributed by atoms with Gasteiger partial charge < -0.3 is 20.6 Å². The van der Waals surface area contributed by atoms with Crippen LogP contribution in [0.3, 0.4) is 0 Å². The number of nitrogens with zero attached hydrogens (tertiary/aromatic N) is 1. The standard InChI is InChI=1S/C11H16N4O/c1-15(2)6-8(12)7-3-4-9-10(5-7)14-11(16)13-9/h3-5,8H,6,12H2,1-2H3,(H2,13,14,16). The van der Waals surface area contributed by atoms with E-state index in [1.807, 2.05) is 37.2 Å². The summed E-state index contributed by atoms with van der Waals surface area (Å²) < 4.78 is 0. The predicted molar refractivity (Wildman–Crippen MR) is 64.4 cm³/mol. The van der Waals surface area contributed by atoms with Crippen LogP contribution in [0.5, 0.6) is 0 Å². The number of nitrogens with two attached hydrogens (primary N) is 1. The molecule has 0 aliphatic heterocycles. The molecule has 0 aliphatic rings. The minimum absolute atomic E-state index is 0.0437. The van der Waals surface area contributed by atoms with Crippen LogP contribution in [0.4, 0.5) is 0 Å². The van der Waals surface area contributed by atoms with Crippen LogP contribution >= 0.6 is 0 Å². The molecule has 2 rings (SSSR count). The number of nitrogens with one attached hydrogen (secondary N) is 2. The van der Waals surface area contributed by atoms with Crippen LogP contribution in [0.1, 0.15) is 11.6 Å². The van der Waals surface area contributed by atoms with Crippen molar-refractivity contribution in [1.82, 2.24) is 14.9 Å². The van der Waals surface area contributed by atoms with Crippen LogP contribution < -0.4 is 11.4 Å². The summed E-state index contributed by atoms with van der Waals surface area (Å²) in [7, 11) is 3.97. The summed E-state index contributed by atoms with van der Waals surface area (Å²) in [6.45, 7) is 0.778. The van der Waals surface area contributed by atoms with Gasteiger partial charge in [0.2, 0.25) is 0 Å². The zero-order chi connectivity index (χ0) is 11.7. The molecule has 4 N–H and O–H groups in total. The Morgan fingerprint density at radius 3 is 2.69 bits per heavy atom. The molecule has 1 unspecified atom stereocenters. The third kappa shape index (κ3) is 2.15. The van der Waals surface area contributed by atoms with Gasteiger partial charge in [0.25, 0.3) is 0 Å².